The summed E-state index contributed by atoms with van der Waals surface area (Å²) >= 11 is 0. The van der Waals surface area contributed by atoms with Crippen LogP contribution in [0.1, 0.15) is 322 Å². The predicted octanol–water partition coefficient (Wildman–Crippen LogP) is 15.2. The van der Waals surface area contributed by atoms with Crippen LogP contribution in [-0.4, -0.2) is 110 Å². The second-order valence-electron chi connectivity index (χ2n) is 23.5. The highest BCUT2D eigenvalue weighted by Crippen LogP contribution is 2.24. The van der Waals surface area contributed by atoms with Crippen molar-refractivity contribution in [2.75, 3.05) is 13.2 Å². The topological polar surface area (TPSA) is 189 Å². The summed E-state index contributed by atoms with van der Waals surface area (Å²) in [6.07, 6.45) is 57.1. The molecule has 0 bridgehead atoms. The van der Waals surface area contributed by atoms with Crippen LogP contribution in [-0.2, 0) is 14.3 Å². The van der Waals surface area contributed by atoms with Gasteiger partial charge in [-0.25, -0.2) is 0 Å². The standard InChI is InChI=1S/C66H127NO10/c1-3-5-7-9-11-13-15-17-19-20-21-22-23-24-25-26-27-28-29-30-31-32-33-34-35-36-37-38-39-40-42-44-46-48-50-52-54-59(70)65(75)67-57(56-76-66-64(74)63(73)62(72)60(55-68)77-66)61(71)58(69)53-51-49-47-45-43-41-18-16-14-12-10-8-6-4-2/h28-29,45,47,57-64,66,68-74H,3-27,30-44,46,48-56H2,1-2H3,(H,67,75)/b29-28-,47-45+. The van der Waals surface area contributed by atoms with E-state index in [1.807, 2.05) is 0 Å². The van der Waals surface area contributed by atoms with E-state index in [0.29, 0.717) is 12.8 Å². The molecule has 9 atom stereocenters. The van der Waals surface area contributed by atoms with Gasteiger partial charge in [-0.3, -0.25) is 4.79 Å². The average Bonchev–Trinajstić information content (AvgIpc) is 3.43. The second kappa shape index (κ2) is 55.1. The molecule has 11 nitrogen and oxygen atoms in total. The molecule has 9 unspecified atom stereocenters. The molecule has 1 fully saturated rings. The third kappa shape index (κ3) is 43.0. The zero-order valence-electron chi connectivity index (χ0n) is 50.2. The van der Waals surface area contributed by atoms with Crippen molar-refractivity contribution < 1.29 is 50.0 Å². The molecule has 11 heteroatoms. The Morgan fingerprint density at radius 3 is 1.12 bits per heavy atom. The number of aliphatic hydroxyl groups is 7. The van der Waals surface area contributed by atoms with Gasteiger partial charge in [-0.1, -0.05) is 282 Å². The Morgan fingerprint density at radius 1 is 0.442 bits per heavy atom. The van der Waals surface area contributed by atoms with Crippen LogP contribution < -0.4 is 5.32 Å². The van der Waals surface area contributed by atoms with Gasteiger partial charge < -0.3 is 50.5 Å². The number of rotatable bonds is 58. The fraction of sp³-hybridized carbons (Fsp3) is 0.924. The third-order valence-electron chi connectivity index (χ3n) is 16.2. The lowest BCUT2D eigenvalue weighted by molar-refractivity contribution is -0.303. The molecule has 1 heterocycles. The average molecular weight is 1090 g/mol. The largest absolute Gasteiger partial charge is 0.394 e. The molecule has 1 aliphatic heterocycles. The third-order valence-corrected chi connectivity index (χ3v) is 16.2. The maximum atomic E-state index is 13.2. The number of unbranched alkanes of at least 4 members (excludes halogenated alkanes) is 42. The highest BCUT2D eigenvalue weighted by Gasteiger charge is 2.44. The van der Waals surface area contributed by atoms with Gasteiger partial charge in [0.1, 0.15) is 36.6 Å². The first kappa shape index (κ1) is 73.6. The van der Waals surface area contributed by atoms with Gasteiger partial charge in [0, 0.05) is 0 Å². The minimum absolute atomic E-state index is 0.257. The van der Waals surface area contributed by atoms with E-state index >= 15 is 0 Å². The molecule has 1 amide bonds. The SMILES string of the molecule is CCCCCCCCCCC/C=C/CCCC(O)C(O)C(COC1OC(CO)C(O)C(O)C1O)NC(=O)C(O)CCCCCCCCCCCCCCCCCC/C=C\CCCCCCCCCCCCCCCCCC. The minimum Gasteiger partial charge on any atom is -0.394 e. The molecule has 8 N–H and O–H groups in total. The number of hydrogen-bond donors (Lipinski definition) is 8. The van der Waals surface area contributed by atoms with Crippen molar-refractivity contribution in [2.24, 2.45) is 0 Å². The molecule has 0 aromatic carbocycles. The van der Waals surface area contributed by atoms with Gasteiger partial charge in [0.15, 0.2) is 6.29 Å². The zero-order valence-corrected chi connectivity index (χ0v) is 50.2. The lowest BCUT2D eigenvalue weighted by atomic mass is 9.98. The van der Waals surface area contributed by atoms with Crippen molar-refractivity contribution in [1.29, 1.82) is 0 Å². The van der Waals surface area contributed by atoms with Gasteiger partial charge >= 0.3 is 0 Å². The van der Waals surface area contributed by atoms with Gasteiger partial charge in [0.2, 0.25) is 5.91 Å². The van der Waals surface area contributed by atoms with E-state index in [4.69, 9.17) is 9.47 Å². The molecule has 1 saturated heterocycles. The Labute approximate surface area is 474 Å². The first-order valence-electron chi connectivity index (χ1n) is 33.2. The van der Waals surface area contributed by atoms with Gasteiger partial charge in [-0.2, -0.15) is 0 Å². The van der Waals surface area contributed by atoms with Gasteiger partial charge in [-0.05, 0) is 64.2 Å². The summed E-state index contributed by atoms with van der Waals surface area (Å²) in [7, 11) is 0. The van der Waals surface area contributed by atoms with Crippen LogP contribution in [0, 0.1) is 0 Å². The number of amides is 1. The van der Waals surface area contributed by atoms with E-state index in [-0.39, 0.29) is 12.8 Å². The molecule has 456 valence electrons. The van der Waals surface area contributed by atoms with E-state index in [0.717, 1.165) is 38.5 Å². The summed E-state index contributed by atoms with van der Waals surface area (Å²) in [4.78, 5) is 13.2. The number of carbonyl (C=O) groups is 1. The maximum Gasteiger partial charge on any atom is 0.249 e. The normalized spacial score (nSPS) is 19.6. The summed E-state index contributed by atoms with van der Waals surface area (Å²) in [6.45, 7) is 3.47. The highest BCUT2D eigenvalue weighted by atomic mass is 16.7. The fourth-order valence-corrected chi connectivity index (χ4v) is 10.9. The van der Waals surface area contributed by atoms with E-state index in [1.165, 1.54) is 244 Å². The first-order chi connectivity index (χ1) is 37.7. The van der Waals surface area contributed by atoms with E-state index < -0.39 is 74.2 Å². The van der Waals surface area contributed by atoms with Crippen molar-refractivity contribution >= 4 is 5.91 Å². The van der Waals surface area contributed by atoms with Crippen LogP contribution in [0.2, 0.25) is 0 Å². The lowest BCUT2D eigenvalue weighted by Crippen LogP contribution is -2.60. The molecule has 0 aliphatic carbocycles. The summed E-state index contributed by atoms with van der Waals surface area (Å²) < 4.78 is 11.1. The summed E-state index contributed by atoms with van der Waals surface area (Å²) in [5.41, 5.74) is 0. The number of nitrogens with one attached hydrogen (secondary N) is 1. The quantitative estimate of drug-likeness (QED) is 0.0215. The minimum atomic E-state index is -1.67. The molecular weight excluding hydrogens is 967 g/mol. The maximum absolute atomic E-state index is 13.2. The molecule has 0 saturated carbocycles. The van der Waals surface area contributed by atoms with Crippen LogP contribution in [0.25, 0.3) is 0 Å². The van der Waals surface area contributed by atoms with Crippen LogP contribution in [0.3, 0.4) is 0 Å². The predicted molar refractivity (Wildman–Crippen MR) is 321 cm³/mol. The summed E-state index contributed by atoms with van der Waals surface area (Å²) in [5, 5.41) is 76.1. The smallest absolute Gasteiger partial charge is 0.249 e. The fourth-order valence-electron chi connectivity index (χ4n) is 10.9. The van der Waals surface area contributed by atoms with Crippen LogP contribution in [0.4, 0.5) is 0 Å². The summed E-state index contributed by atoms with van der Waals surface area (Å²) in [6, 6.07) is -1.18. The monoisotopic (exact) mass is 1090 g/mol. The van der Waals surface area contributed by atoms with Gasteiger partial charge in [0.25, 0.3) is 0 Å². The van der Waals surface area contributed by atoms with Gasteiger partial charge in [-0.15, -0.1) is 0 Å². The molecular formula is C66H127NO10. The molecule has 0 spiro atoms. The Balaban J connectivity index is 2.13. The number of hydrogen-bond acceptors (Lipinski definition) is 10. The van der Waals surface area contributed by atoms with Crippen molar-refractivity contribution in [3.05, 3.63) is 24.3 Å². The van der Waals surface area contributed by atoms with Crippen LogP contribution in [0.5, 0.6) is 0 Å². The molecule has 77 heavy (non-hydrogen) atoms. The molecule has 0 aromatic heterocycles. The van der Waals surface area contributed by atoms with Gasteiger partial charge in [0.05, 0.1) is 25.4 Å². The first-order valence-corrected chi connectivity index (χ1v) is 33.2. The van der Waals surface area contributed by atoms with Crippen molar-refractivity contribution in [1.82, 2.24) is 5.32 Å². The van der Waals surface area contributed by atoms with Crippen molar-refractivity contribution in [3.63, 3.8) is 0 Å². The Hall–Kier alpha value is -1.41. The lowest BCUT2D eigenvalue weighted by Gasteiger charge is -2.40. The molecule has 1 rings (SSSR count). The Kier molecular flexibility index (Phi) is 52.7. The van der Waals surface area contributed by atoms with E-state index in [1.54, 1.807) is 0 Å². The number of carbonyl (C=O) groups excluding carboxylic acids is 1. The zero-order chi connectivity index (χ0) is 56.1. The number of ether oxygens (including phenoxy) is 2. The van der Waals surface area contributed by atoms with Crippen molar-refractivity contribution in [2.45, 2.75) is 377 Å². The van der Waals surface area contributed by atoms with E-state index in [9.17, 15) is 40.5 Å². The molecule has 1 aliphatic rings. The van der Waals surface area contributed by atoms with Crippen LogP contribution >= 0.6 is 0 Å². The second-order valence-corrected chi connectivity index (χ2v) is 23.5. The number of aliphatic hydroxyl groups excluding tert-OH is 7. The summed E-state index contributed by atoms with van der Waals surface area (Å²) in [5.74, 6) is -0.702. The van der Waals surface area contributed by atoms with Crippen LogP contribution in [0.15, 0.2) is 24.3 Å². The highest BCUT2D eigenvalue weighted by molar-refractivity contribution is 5.80. The Morgan fingerprint density at radius 2 is 0.766 bits per heavy atom. The number of allylic oxidation sites excluding steroid dienone is 4. The molecule has 0 aromatic rings. The van der Waals surface area contributed by atoms with Crippen molar-refractivity contribution in [3.8, 4) is 0 Å². The van der Waals surface area contributed by atoms with E-state index in [2.05, 4.69) is 43.5 Å². The Bertz CT molecular complexity index is 1300. The molecule has 0 radical (unpaired) electrons.